The molecular formula is C30H44O8. The van der Waals surface area contributed by atoms with Gasteiger partial charge in [-0.15, -0.1) is 0 Å². The van der Waals surface area contributed by atoms with Crippen molar-refractivity contribution in [1.29, 1.82) is 0 Å². The van der Waals surface area contributed by atoms with Gasteiger partial charge in [0, 0.05) is 11.1 Å². The largest absolute Gasteiger partial charge is 0.455 e. The fourth-order valence-corrected chi connectivity index (χ4v) is 2.20. The number of carbonyl (C=O) groups excluding carboxylic acids is 6. The number of hydrogen-bond donors (Lipinski definition) is 0. The van der Waals surface area contributed by atoms with E-state index in [1.165, 1.54) is 0 Å². The average Bonchev–Trinajstić information content (AvgIpc) is 2.90. The van der Waals surface area contributed by atoms with Gasteiger partial charge in [-0.05, 0) is 39.5 Å². The Morgan fingerprint density at radius 2 is 0.868 bits per heavy atom. The van der Waals surface area contributed by atoms with Crippen molar-refractivity contribution >= 4 is 24.2 Å². The van der Waals surface area contributed by atoms with Crippen LogP contribution in [0.1, 0.15) is 54.4 Å². The first kappa shape index (κ1) is 46.9. The molecule has 0 spiro atoms. The first-order chi connectivity index (χ1) is 17.2. The summed E-state index contributed by atoms with van der Waals surface area (Å²) in [6.07, 6.45) is 17.2. The molecule has 2 unspecified atom stereocenters. The summed E-state index contributed by atoms with van der Waals surface area (Å²) in [4.78, 5) is 54.6. The highest BCUT2D eigenvalue weighted by atomic mass is 16.5. The number of allylic oxidation sites excluding steroid dienone is 6. The van der Waals surface area contributed by atoms with Gasteiger partial charge in [0.05, 0.1) is 0 Å². The number of carbonyl (C=O) groups is 2. The fraction of sp³-hybridized carbons (Fsp3) is 0.333. The quantitative estimate of drug-likeness (QED) is 0.175. The minimum Gasteiger partial charge on any atom is -0.455 e. The molecule has 0 aromatic heterocycles. The molecule has 0 amide bonds. The summed E-state index contributed by atoms with van der Waals surface area (Å²) >= 11 is 0. The predicted octanol–water partition coefficient (Wildman–Crippen LogP) is 6.47. The second kappa shape index (κ2) is 37.2. The molecule has 0 radical (unpaired) electrons. The van der Waals surface area contributed by atoms with Crippen LogP contribution in [-0.2, 0) is 38.2 Å². The number of rotatable bonds is 4. The van der Waals surface area contributed by atoms with Gasteiger partial charge < -0.3 is 9.47 Å². The average molecular weight is 533 g/mol. The lowest BCUT2D eigenvalue weighted by Gasteiger charge is -2.20. The molecule has 0 aromatic rings. The van der Waals surface area contributed by atoms with Crippen LogP contribution in [0.2, 0.25) is 0 Å². The molecule has 0 aliphatic carbocycles. The van der Waals surface area contributed by atoms with Gasteiger partial charge in [-0.1, -0.05) is 103 Å². The zero-order valence-corrected chi connectivity index (χ0v) is 21.1. The van der Waals surface area contributed by atoms with E-state index in [1.54, 1.807) is 36.5 Å². The first-order valence-corrected chi connectivity index (χ1v) is 10.6. The molecule has 2 atom stereocenters. The summed E-state index contributed by atoms with van der Waals surface area (Å²) in [5, 5.41) is 0. The van der Waals surface area contributed by atoms with Crippen molar-refractivity contribution in [2.75, 3.05) is 0 Å². The van der Waals surface area contributed by atoms with Gasteiger partial charge in [0.25, 0.3) is 0 Å². The van der Waals surface area contributed by atoms with Crippen LogP contribution in [0.5, 0.6) is 0 Å². The van der Waals surface area contributed by atoms with Crippen LogP contribution in [0, 0.1) is 0 Å². The molecule has 2 saturated heterocycles. The Morgan fingerprint density at radius 1 is 0.632 bits per heavy atom. The number of esters is 2. The van der Waals surface area contributed by atoms with Crippen molar-refractivity contribution in [2.45, 2.75) is 66.6 Å². The van der Waals surface area contributed by atoms with Crippen molar-refractivity contribution in [3.8, 4) is 0 Å². The van der Waals surface area contributed by atoms with E-state index in [4.69, 9.17) is 28.7 Å². The third-order valence-corrected chi connectivity index (χ3v) is 3.99. The third-order valence-electron chi connectivity index (χ3n) is 3.99. The zero-order chi connectivity index (χ0) is 28.8. The molecule has 8 nitrogen and oxygen atoms in total. The van der Waals surface area contributed by atoms with Gasteiger partial charge in [-0.2, -0.15) is 19.2 Å². The SMILES string of the molecule is C.C.C=CC1CC/C(=C\C)C(=O)O1.C=CC1CC/C(=C\C)C(=O)O1.C=CC=C.C=CC=C.O=C=O.O=C=O. The minimum atomic E-state index is -0.191. The van der Waals surface area contributed by atoms with Gasteiger partial charge in [-0.25, -0.2) is 9.59 Å². The highest BCUT2D eigenvalue weighted by Crippen LogP contribution is 2.20. The Morgan fingerprint density at radius 3 is 1.00 bits per heavy atom. The number of cyclic esters (lactones) is 2. The lowest BCUT2D eigenvalue weighted by atomic mass is 10.0. The molecule has 2 heterocycles. The van der Waals surface area contributed by atoms with E-state index in [1.807, 2.05) is 26.0 Å². The first-order valence-electron chi connectivity index (χ1n) is 10.6. The normalized spacial score (nSPS) is 17.8. The molecule has 0 saturated carbocycles. The Kier molecular flexibility index (Phi) is 45.9. The molecule has 2 fully saturated rings. The number of ether oxygens (including phenoxy) is 2. The van der Waals surface area contributed by atoms with Crippen molar-refractivity contribution in [3.05, 3.63) is 99.2 Å². The summed E-state index contributed by atoms with van der Waals surface area (Å²) in [5.74, 6) is -0.382. The van der Waals surface area contributed by atoms with Gasteiger partial charge in [0.15, 0.2) is 0 Å². The minimum absolute atomic E-state index is 0. The maximum Gasteiger partial charge on any atom is 0.373 e. The van der Waals surface area contributed by atoms with Crippen molar-refractivity contribution in [1.82, 2.24) is 0 Å². The van der Waals surface area contributed by atoms with Gasteiger partial charge in [0.1, 0.15) is 12.2 Å². The van der Waals surface area contributed by atoms with E-state index in [-0.39, 0.29) is 51.3 Å². The molecule has 38 heavy (non-hydrogen) atoms. The third kappa shape index (κ3) is 29.7. The van der Waals surface area contributed by atoms with E-state index in [9.17, 15) is 9.59 Å². The summed E-state index contributed by atoms with van der Waals surface area (Å²) < 4.78 is 10.0. The Bertz CT molecular complexity index is 752. The molecule has 2 aliphatic heterocycles. The predicted molar refractivity (Wildman–Crippen MR) is 150 cm³/mol. The lowest BCUT2D eigenvalue weighted by Crippen LogP contribution is -2.23. The smallest absolute Gasteiger partial charge is 0.373 e. The monoisotopic (exact) mass is 532 g/mol. The molecule has 212 valence electrons. The maximum absolute atomic E-state index is 11.1. The van der Waals surface area contributed by atoms with E-state index in [0.29, 0.717) is 0 Å². The molecule has 2 rings (SSSR count). The summed E-state index contributed by atoms with van der Waals surface area (Å²) in [7, 11) is 0. The molecule has 8 heteroatoms. The fourth-order valence-electron chi connectivity index (χ4n) is 2.20. The van der Waals surface area contributed by atoms with Gasteiger partial charge in [0.2, 0.25) is 0 Å². The maximum atomic E-state index is 11.1. The molecule has 2 aliphatic rings. The molecule has 0 aromatic carbocycles. The topological polar surface area (TPSA) is 121 Å². The summed E-state index contributed by atoms with van der Waals surface area (Å²) in [5.41, 5.74) is 1.56. The van der Waals surface area contributed by atoms with Crippen LogP contribution in [-0.4, -0.2) is 36.4 Å². The van der Waals surface area contributed by atoms with Crippen LogP contribution in [0.15, 0.2) is 99.2 Å². The van der Waals surface area contributed by atoms with Crippen molar-refractivity contribution in [2.24, 2.45) is 0 Å². The molecule has 0 bridgehead atoms. The van der Waals surface area contributed by atoms with Gasteiger partial charge >= 0.3 is 24.2 Å². The van der Waals surface area contributed by atoms with E-state index in [0.717, 1.165) is 36.8 Å². The van der Waals surface area contributed by atoms with Crippen LogP contribution in [0.25, 0.3) is 0 Å². The van der Waals surface area contributed by atoms with E-state index < -0.39 is 0 Å². The van der Waals surface area contributed by atoms with Crippen LogP contribution >= 0.6 is 0 Å². The Balaban J connectivity index is -0.0000000884. The highest BCUT2D eigenvalue weighted by molar-refractivity contribution is 5.89. The van der Waals surface area contributed by atoms with E-state index >= 15 is 0 Å². The van der Waals surface area contributed by atoms with Gasteiger partial charge in [-0.3, -0.25) is 0 Å². The van der Waals surface area contributed by atoms with Crippen molar-refractivity contribution in [3.63, 3.8) is 0 Å². The molecule has 0 N–H and O–H groups in total. The van der Waals surface area contributed by atoms with E-state index in [2.05, 4.69) is 39.5 Å². The summed E-state index contributed by atoms with van der Waals surface area (Å²) in [6.45, 7) is 24.3. The lowest BCUT2D eigenvalue weighted by molar-refractivity contribution is -0.193. The Labute approximate surface area is 228 Å². The number of hydrogen-bond acceptors (Lipinski definition) is 8. The second-order valence-corrected chi connectivity index (χ2v) is 6.17. The van der Waals surface area contributed by atoms with Crippen LogP contribution < -0.4 is 0 Å². The van der Waals surface area contributed by atoms with Crippen molar-refractivity contribution < 1.29 is 38.2 Å². The Hall–Kier alpha value is -4.38. The summed E-state index contributed by atoms with van der Waals surface area (Å²) in [6, 6.07) is 0. The van der Waals surface area contributed by atoms with Crippen LogP contribution in [0.4, 0.5) is 0 Å². The molecular weight excluding hydrogens is 488 g/mol. The zero-order valence-electron chi connectivity index (χ0n) is 21.1. The second-order valence-electron chi connectivity index (χ2n) is 6.17. The highest BCUT2D eigenvalue weighted by Gasteiger charge is 2.22. The van der Waals surface area contributed by atoms with Crippen LogP contribution in [0.3, 0.4) is 0 Å². The standard InChI is InChI=1S/2C9H12O2.2C4H6.2CO2.2CH4/c2*1-3-7-5-6-8(4-2)11-9(7)10;2*1-3-4-2;2*2-1-3;;/h2*3-4,8H,2,5-6H2,1H3;2*3-4H,1-2H2;;;2*1H4/b2*7-3+;;;;;;.